The Hall–Kier alpha value is -1.48. The molecular weight excluding hydrogens is 500 g/mol. The van der Waals surface area contributed by atoms with Gasteiger partial charge in [-0.15, -0.1) is 0 Å². The maximum absolute atomic E-state index is 14.4. The number of methoxy groups -OCH3 is 1. The highest BCUT2D eigenvalue weighted by molar-refractivity contribution is 6.31. The molecule has 2 fully saturated rings. The molecule has 1 aliphatic heterocycles. The normalized spacial score (nSPS) is 24.9. The number of nitrogens with one attached hydrogen (secondary N) is 2. The van der Waals surface area contributed by atoms with Crippen LogP contribution in [0.3, 0.4) is 0 Å². The first-order valence-electron chi connectivity index (χ1n) is 13.8. The lowest BCUT2D eigenvalue weighted by Gasteiger charge is -2.43. The predicted octanol–water partition coefficient (Wildman–Crippen LogP) is 5.41. The number of carbonyl (C=O) groups is 1. The van der Waals surface area contributed by atoms with E-state index < -0.39 is 17.6 Å². The number of hydrogen-bond donors (Lipinski definition) is 3. The molecule has 210 valence electrons. The molecule has 1 saturated heterocycles. The molecule has 9 heteroatoms. The lowest BCUT2D eigenvalue weighted by molar-refractivity contribution is -0.0565. The van der Waals surface area contributed by atoms with Gasteiger partial charge >= 0.3 is 6.03 Å². The van der Waals surface area contributed by atoms with Crippen LogP contribution >= 0.6 is 11.6 Å². The summed E-state index contributed by atoms with van der Waals surface area (Å²) in [4.78, 5) is 15.1. The Labute approximate surface area is 225 Å². The van der Waals surface area contributed by atoms with E-state index >= 15 is 0 Å². The van der Waals surface area contributed by atoms with Crippen LogP contribution in [-0.4, -0.2) is 68.6 Å². The van der Waals surface area contributed by atoms with Crippen molar-refractivity contribution >= 4 is 17.6 Å². The Bertz CT molecular complexity index is 856. The van der Waals surface area contributed by atoms with Gasteiger partial charge in [0.1, 0.15) is 12.0 Å². The Morgan fingerprint density at radius 1 is 1.27 bits per heavy atom. The molecule has 2 amide bonds. The molecule has 0 spiro atoms. The molecule has 2 aliphatic rings. The van der Waals surface area contributed by atoms with Crippen molar-refractivity contribution in [1.29, 1.82) is 0 Å². The van der Waals surface area contributed by atoms with Gasteiger partial charge in [0.05, 0.1) is 10.6 Å². The van der Waals surface area contributed by atoms with Gasteiger partial charge in [-0.2, -0.15) is 0 Å². The van der Waals surface area contributed by atoms with Gasteiger partial charge in [-0.3, -0.25) is 0 Å². The zero-order valence-corrected chi connectivity index (χ0v) is 23.0. The number of piperidine rings is 1. The molecule has 1 aromatic carbocycles. The Morgan fingerprint density at radius 2 is 2.03 bits per heavy atom. The molecular formula is C28H44ClF2N3O3. The maximum Gasteiger partial charge on any atom is 0.317 e. The zero-order chi connectivity index (χ0) is 26.8. The highest BCUT2D eigenvalue weighted by Gasteiger charge is 2.43. The summed E-state index contributed by atoms with van der Waals surface area (Å²) in [7, 11) is 3.50. The van der Waals surface area contributed by atoms with Gasteiger partial charge in [0, 0.05) is 50.9 Å². The van der Waals surface area contributed by atoms with E-state index in [1.807, 2.05) is 7.05 Å². The van der Waals surface area contributed by atoms with Gasteiger partial charge in [0.2, 0.25) is 0 Å². The minimum atomic E-state index is -1.36. The zero-order valence-electron chi connectivity index (χ0n) is 22.3. The molecule has 1 saturated carbocycles. The molecule has 3 rings (SSSR count). The highest BCUT2D eigenvalue weighted by atomic mass is 35.5. The topological polar surface area (TPSA) is 73.8 Å². The summed E-state index contributed by atoms with van der Waals surface area (Å²) < 4.78 is 33.1. The molecule has 1 heterocycles. The lowest BCUT2D eigenvalue weighted by Crippen LogP contribution is -2.54. The van der Waals surface area contributed by atoms with E-state index in [0.717, 1.165) is 32.1 Å². The quantitative estimate of drug-likeness (QED) is 0.308. The first kappa shape index (κ1) is 30.1. The molecule has 0 bridgehead atoms. The fraction of sp³-hybridized carbons (Fsp3) is 0.750. The number of alkyl halides is 1. The van der Waals surface area contributed by atoms with Crippen LogP contribution in [0.25, 0.3) is 0 Å². The van der Waals surface area contributed by atoms with Crippen molar-refractivity contribution in [2.45, 2.75) is 82.0 Å². The van der Waals surface area contributed by atoms with E-state index in [1.54, 1.807) is 24.1 Å². The van der Waals surface area contributed by atoms with Gasteiger partial charge in [-0.05, 0) is 83.2 Å². The SMILES string of the molecule is CNCC(CC1CCC(F)CC1)NC(=O)N1CCCC(C(O)(CCCCOC)c2cccc(F)c2Cl)C1. The lowest BCUT2D eigenvalue weighted by atomic mass is 9.74. The molecule has 1 aromatic rings. The van der Waals surface area contributed by atoms with Gasteiger partial charge < -0.3 is 25.4 Å². The minimum Gasteiger partial charge on any atom is -0.385 e. The number of likely N-dealkylation sites (N-methyl/N-ethyl adjacent to an activating group) is 1. The molecule has 1 aliphatic carbocycles. The number of likely N-dealkylation sites (tertiary alicyclic amines) is 1. The summed E-state index contributed by atoms with van der Waals surface area (Å²) in [6.07, 6.45) is 6.34. The van der Waals surface area contributed by atoms with Crippen LogP contribution in [0, 0.1) is 17.7 Å². The summed E-state index contributed by atoms with van der Waals surface area (Å²) in [5.74, 6) is -0.430. The van der Waals surface area contributed by atoms with Crippen molar-refractivity contribution < 1.29 is 23.4 Å². The standard InChI is InChI=1S/C28H44ClF2N3O3/c1-32-18-23(17-20-10-12-22(30)13-11-20)33-27(35)34-15-6-7-21(19-34)28(36,14-3-4-16-37-2)24-8-5-9-25(31)26(24)29/h5,8-9,20-23,32,36H,3-4,6-7,10-19H2,1-2H3,(H,33,35). The molecule has 3 atom stereocenters. The second kappa shape index (κ2) is 14.6. The molecule has 0 aromatic heterocycles. The van der Waals surface area contributed by atoms with Crippen molar-refractivity contribution in [2.75, 3.05) is 40.4 Å². The Balaban J connectivity index is 1.70. The fourth-order valence-electron chi connectivity index (χ4n) is 6.05. The van der Waals surface area contributed by atoms with Crippen LogP contribution in [0.4, 0.5) is 13.6 Å². The number of carbonyl (C=O) groups excluding carboxylic acids is 1. The minimum absolute atomic E-state index is 0.0513. The largest absolute Gasteiger partial charge is 0.385 e. The van der Waals surface area contributed by atoms with E-state index in [-0.39, 0.29) is 23.0 Å². The van der Waals surface area contributed by atoms with Gasteiger partial charge in [-0.25, -0.2) is 13.6 Å². The highest BCUT2D eigenvalue weighted by Crippen LogP contribution is 2.43. The molecule has 6 nitrogen and oxygen atoms in total. The van der Waals surface area contributed by atoms with Gasteiger partial charge in [0.15, 0.2) is 0 Å². The number of rotatable bonds is 12. The second-order valence-corrected chi connectivity index (χ2v) is 11.2. The van der Waals surface area contributed by atoms with Crippen molar-refractivity contribution in [3.63, 3.8) is 0 Å². The third kappa shape index (κ3) is 8.25. The summed E-state index contributed by atoms with van der Waals surface area (Å²) in [5, 5.41) is 18.3. The third-order valence-corrected chi connectivity index (χ3v) is 8.51. The fourth-order valence-corrected chi connectivity index (χ4v) is 6.34. The first-order chi connectivity index (χ1) is 17.8. The first-order valence-corrected chi connectivity index (χ1v) is 14.2. The summed E-state index contributed by atoms with van der Waals surface area (Å²) in [6.45, 7) is 2.17. The van der Waals surface area contributed by atoms with E-state index in [0.29, 0.717) is 69.8 Å². The monoisotopic (exact) mass is 543 g/mol. The van der Waals surface area contributed by atoms with Gasteiger partial charge in [-0.1, -0.05) is 23.7 Å². The molecule has 3 unspecified atom stereocenters. The second-order valence-electron chi connectivity index (χ2n) is 10.8. The van der Waals surface area contributed by atoms with Gasteiger partial charge in [0.25, 0.3) is 0 Å². The molecule has 0 radical (unpaired) electrons. The van der Waals surface area contributed by atoms with Crippen LogP contribution < -0.4 is 10.6 Å². The number of halogens is 3. The Kier molecular flexibility index (Phi) is 11.9. The predicted molar refractivity (Wildman–Crippen MR) is 143 cm³/mol. The van der Waals surface area contributed by atoms with Crippen LogP contribution in [0.5, 0.6) is 0 Å². The number of aliphatic hydroxyl groups is 1. The third-order valence-electron chi connectivity index (χ3n) is 8.13. The maximum atomic E-state index is 14.4. The van der Waals surface area contributed by atoms with Crippen LogP contribution in [-0.2, 0) is 10.3 Å². The van der Waals surface area contributed by atoms with E-state index in [2.05, 4.69) is 10.6 Å². The van der Waals surface area contributed by atoms with Crippen molar-refractivity contribution in [1.82, 2.24) is 15.5 Å². The van der Waals surface area contributed by atoms with Crippen LogP contribution in [0.1, 0.15) is 69.8 Å². The summed E-state index contributed by atoms with van der Waals surface area (Å²) in [5.41, 5.74) is -0.975. The number of urea groups is 1. The number of hydrogen-bond acceptors (Lipinski definition) is 4. The summed E-state index contributed by atoms with van der Waals surface area (Å²) >= 11 is 6.36. The van der Waals surface area contributed by atoms with E-state index in [9.17, 15) is 18.7 Å². The van der Waals surface area contributed by atoms with E-state index in [4.69, 9.17) is 16.3 Å². The molecule has 37 heavy (non-hydrogen) atoms. The number of ether oxygens (including phenoxy) is 1. The van der Waals surface area contributed by atoms with Crippen LogP contribution in [0.15, 0.2) is 18.2 Å². The van der Waals surface area contributed by atoms with Crippen LogP contribution in [0.2, 0.25) is 5.02 Å². The van der Waals surface area contributed by atoms with E-state index in [1.165, 1.54) is 6.07 Å². The van der Waals surface area contributed by atoms with Crippen molar-refractivity contribution in [3.8, 4) is 0 Å². The number of nitrogens with zero attached hydrogens (tertiary/aromatic N) is 1. The average Bonchev–Trinajstić information content (AvgIpc) is 2.89. The average molecular weight is 544 g/mol. The molecule has 3 N–H and O–H groups in total. The number of benzene rings is 1. The number of unbranched alkanes of at least 4 members (excludes halogenated alkanes) is 1. The van der Waals surface area contributed by atoms with Crippen molar-refractivity contribution in [3.05, 3.63) is 34.6 Å². The summed E-state index contributed by atoms with van der Waals surface area (Å²) in [6, 6.07) is 4.35. The van der Waals surface area contributed by atoms with Crippen molar-refractivity contribution in [2.24, 2.45) is 11.8 Å². The Morgan fingerprint density at radius 3 is 2.73 bits per heavy atom. The smallest absolute Gasteiger partial charge is 0.317 e. The number of amides is 2.